The number of nitro benzene ring substituents is 1. The first-order valence-corrected chi connectivity index (χ1v) is 10.4. The van der Waals surface area contributed by atoms with Crippen LogP contribution in [0.2, 0.25) is 5.02 Å². The Hall–Kier alpha value is -1.91. The molecule has 1 atom stereocenters. The third-order valence-corrected chi connectivity index (χ3v) is 6.80. The lowest BCUT2D eigenvalue weighted by Gasteiger charge is -2.32. The van der Waals surface area contributed by atoms with Crippen LogP contribution in [0.4, 0.5) is 10.5 Å². The van der Waals surface area contributed by atoms with E-state index < -0.39 is 30.6 Å². The van der Waals surface area contributed by atoms with Gasteiger partial charge < -0.3 is 15.1 Å². The van der Waals surface area contributed by atoms with Crippen LogP contribution >= 0.6 is 11.6 Å². The lowest BCUT2D eigenvalue weighted by Crippen LogP contribution is -2.50. The molecule has 1 saturated heterocycles. The lowest BCUT2D eigenvalue weighted by molar-refractivity contribution is -0.387. The zero-order valence-electron chi connectivity index (χ0n) is 15.2. The van der Waals surface area contributed by atoms with Crippen molar-refractivity contribution in [2.24, 2.45) is 0 Å². The van der Waals surface area contributed by atoms with E-state index in [9.17, 15) is 23.3 Å². The van der Waals surface area contributed by atoms with Crippen molar-refractivity contribution in [2.45, 2.75) is 23.0 Å². The van der Waals surface area contributed by atoms with Crippen molar-refractivity contribution in [3.63, 3.8) is 0 Å². The normalized spacial score (nSPS) is 17.8. The standard InChI is InChI=1S/C16H23ClN4O5S/c1-19(2)9-7-18-16(22)20-8-3-4-13(11-20)27(25,26)15-10-12(17)5-6-14(15)21(23)24/h5-6,10,13H,3-4,7-9,11H2,1-2H3,(H,18,22). The quantitative estimate of drug-likeness (QED) is 0.556. The van der Waals surface area contributed by atoms with E-state index >= 15 is 0 Å². The SMILES string of the molecule is CN(C)CCNC(=O)N1CCCC(S(=O)(=O)c2cc(Cl)ccc2[N+](=O)[O-])C1. The van der Waals surface area contributed by atoms with Gasteiger partial charge in [0, 0.05) is 37.3 Å². The molecule has 1 unspecified atom stereocenters. The first kappa shape index (κ1) is 21.4. The summed E-state index contributed by atoms with van der Waals surface area (Å²) in [6.45, 7) is 1.53. The van der Waals surface area contributed by atoms with Crippen molar-refractivity contribution in [1.29, 1.82) is 0 Å². The highest BCUT2D eigenvalue weighted by molar-refractivity contribution is 7.92. The maximum absolute atomic E-state index is 13.0. The Labute approximate surface area is 163 Å². The van der Waals surface area contributed by atoms with Gasteiger partial charge in [0.25, 0.3) is 5.69 Å². The van der Waals surface area contributed by atoms with Crippen molar-refractivity contribution in [1.82, 2.24) is 15.1 Å². The molecule has 1 N–H and O–H groups in total. The summed E-state index contributed by atoms with van der Waals surface area (Å²) in [5.74, 6) is 0. The second kappa shape index (κ2) is 8.85. The van der Waals surface area contributed by atoms with E-state index in [1.165, 1.54) is 11.0 Å². The Kier molecular flexibility index (Phi) is 7.01. The molecule has 0 spiro atoms. The topological polar surface area (TPSA) is 113 Å². The number of likely N-dealkylation sites (N-methyl/N-ethyl adjacent to an activating group) is 1. The number of carbonyl (C=O) groups excluding carboxylic acids is 1. The van der Waals surface area contributed by atoms with Crippen molar-refractivity contribution in [2.75, 3.05) is 40.3 Å². The number of benzene rings is 1. The van der Waals surface area contributed by atoms with Crippen molar-refractivity contribution >= 4 is 33.2 Å². The predicted octanol–water partition coefficient (Wildman–Crippen LogP) is 1.76. The first-order chi connectivity index (χ1) is 12.6. The van der Waals surface area contributed by atoms with Crippen LogP contribution in [0, 0.1) is 10.1 Å². The molecular weight excluding hydrogens is 396 g/mol. The molecule has 9 nitrogen and oxygen atoms in total. The molecule has 1 heterocycles. The molecule has 1 aliphatic rings. The van der Waals surface area contributed by atoms with Gasteiger partial charge in [0.2, 0.25) is 0 Å². The molecule has 1 aromatic rings. The Morgan fingerprint density at radius 3 is 2.78 bits per heavy atom. The second-order valence-electron chi connectivity index (χ2n) is 6.66. The van der Waals surface area contributed by atoms with E-state index in [-0.39, 0.29) is 17.6 Å². The Balaban J connectivity index is 2.18. The molecular formula is C16H23ClN4O5S. The molecule has 11 heteroatoms. The molecule has 2 amide bonds. The number of piperidine rings is 1. The average molecular weight is 419 g/mol. The van der Waals surface area contributed by atoms with E-state index in [1.807, 2.05) is 19.0 Å². The van der Waals surface area contributed by atoms with Gasteiger partial charge in [0.05, 0.1) is 10.2 Å². The number of carbonyl (C=O) groups is 1. The second-order valence-corrected chi connectivity index (χ2v) is 9.29. The molecule has 1 aliphatic heterocycles. The molecule has 1 aromatic carbocycles. The lowest BCUT2D eigenvalue weighted by atomic mass is 10.1. The van der Waals surface area contributed by atoms with Gasteiger partial charge in [-0.15, -0.1) is 0 Å². The molecule has 0 aliphatic carbocycles. The number of halogens is 1. The predicted molar refractivity (Wildman–Crippen MR) is 102 cm³/mol. The van der Waals surface area contributed by atoms with Crippen LogP contribution in [-0.4, -0.2) is 74.7 Å². The number of sulfone groups is 1. The summed E-state index contributed by atoms with van der Waals surface area (Å²) < 4.78 is 26.0. The van der Waals surface area contributed by atoms with Gasteiger partial charge in [-0.25, -0.2) is 13.2 Å². The van der Waals surface area contributed by atoms with Crippen LogP contribution in [0.25, 0.3) is 0 Å². The summed E-state index contributed by atoms with van der Waals surface area (Å²) in [6, 6.07) is 3.14. The minimum Gasteiger partial charge on any atom is -0.337 e. The fourth-order valence-electron chi connectivity index (χ4n) is 2.92. The summed E-state index contributed by atoms with van der Waals surface area (Å²) in [6.07, 6.45) is 0.826. The number of nitrogens with zero attached hydrogens (tertiary/aromatic N) is 3. The molecule has 0 bridgehead atoms. The van der Waals surface area contributed by atoms with E-state index in [2.05, 4.69) is 5.32 Å². The Morgan fingerprint density at radius 2 is 2.15 bits per heavy atom. The highest BCUT2D eigenvalue weighted by atomic mass is 35.5. The minimum atomic E-state index is -4.02. The van der Waals surface area contributed by atoms with Gasteiger partial charge in [-0.3, -0.25) is 10.1 Å². The fraction of sp³-hybridized carbons (Fsp3) is 0.562. The zero-order chi connectivity index (χ0) is 20.2. The minimum absolute atomic E-state index is 0.0141. The number of nitro groups is 1. The first-order valence-electron chi connectivity index (χ1n) is 8.48. The molecule has 27 heavy (non-hydrogen) atoms. The summed E-state index contributed by atoms with van der Waals surface area (Å²) in [5.41, 5.74) is -0.507. The number of hydrogen-bond acceptors (Lipinski definition) is 6. The van der Waals surface area contributed by atoms with Crippen LogP contribution in [0.15, 0.2) is 23.1 Å². The summed E-state index contributed by atoms with van der Waals surface area (Å²) in [7, 11) is -0.252. The van der Waals surface area contributed by atoms with Gasteiger partial charge in [0.1, 0.15) is 4.90 Å². The maximum Gasteiger partial charge on any atom is 0.317 e. The number of nitrogens with one attached hydrogen (secondary N) is 1. The molecule has 0 aromatic heterocycles. The Bertz CT molecular complexity index is 815. The number of hydrogen-bond donors (Lipinski definition) is 1. The monoisotopic (exact) mass is 418 g/mol. The van der Waals surface area contributed by atoms with Crippen molar-refractivity contribution in [3.8, 4) is 0 Å². The van der Waals surface area contributed by atoms with Gasteiger partial charge in [-0.2, -0.15) is 0 Å². The summed E-state index contributed by atoms with van der Waals surface area (Å²) in [4.78, 5) is 25.7. The number of likely N-dealkylation sites (tertiary alicyclic amines) is 1. The summed E-state index contributed by atoms with van der Waals surface area (Å²) >= 11 is 5.86. The smallest absolute Gasteiger partial charge is 0.317 e. The third kappa shape index (κ3) is 5.30. The Morgan fingerprint density at radius 1 is 1.44 bits per heavy atom. The van der Waals surface area contributed by atoms with Crippen LogP contribution in [0.1, 0.15) is 12.8 Å². The van der Waals surface area contributed by atoms with Crippen molar-refractivity contribution < 1.29 is 18.1 Å². The van der Waals surface area contributed by atoms with Gasteiger partial charge in [-0.05, 0) is 39.1 Å². The largest absolute Gasteiger partial charge is 0.337 e. The zero-order valence-corrected chi connectivity index (χ0v) is 16.8. The van der Waals surface area contributed by atoms with E-state index in [0.717, 1.165) is 12.1 Å². The van der Waals surface area contributed by atoms with Crippen LogP contribution in [0.5, 0.6) is 0 Å². The highest BCUT2D eigenvalue weighted by Gasteiger charge is 2.37. The summed E-state index contributed by atoms with van der Waals surface area (Å²) in [5, 5.41) is 13.2. The fourth-order valence-corrected chi connectivity index (χ4v) is 5.09. The molecule has 0 saturated carbocycles. The molecule has 2 rings (SSSR count). The van der Waals surface area contributed by atoms with Crippen molar-refractivity contribution in [3.05, 3.63) is 33.3 Å². The molecule has 150 valence electrons. The van der Waals surface area contributed by atoms with E-state index in [1.54, 1.807) is 0 Å². The van der Waals surface area contributed by atoms with Crippen LogP contribution in [-0.2, 0) is 9.84 Å². The van der Waals surface area contributed by atoms with Crippen LogP contribution < -0.4 is 5.32 Å². The van der Waals surface area contributed by atoms with Gasteiger partial charge in [-0.1, -0.05) is 11.6 Å². The van der Waals surface area contributed by atoms with E-state index in [4.69, 9.17) is 11.6 Å². The van der Waals surface area contributed by atoms with E-state index in [0.29, 0.717) is 32.5 Å². The van der Waals surface area contributed by atoms with Crippen LogP contribution in [0.3, 0.4) is 0 Å². The maximum atomic E-state index is 13.0. The molecule has 1 fully saturated rings. The highest BCUT2D eigenvalue weighted by Crippen LogP contribution is 2.32. The average Bonchev–Trinajstić information content (AvgIpc) is 2.61. The number of amides is 2. The number of rotatable bonds is 6. The van der Waals surface area contributed by atoms with Gasteiger partial charge >= 0.3 is 6.03 Å². The number of urea groups is 1. The molecule has 0 radical (unpaired) electrons. The van der Waals surface area contributed by atoms with Gasteiger partial charge in [0.15, 0.2) is 9.84 Å². The third-order valence-electron chi connectivity index (χ3n) is 4.36.